The van der Waals surface area contributed by atoms with Crippen molar-refractivity contribution in [3.63, 3.8) is 0 Å². The number of nitrogens with zero attached hydrogens (tertiary/aromatic N) is 2. The van der Waals surface area contributed by atoms with Gasteiger partial charge in [-0.2, -0.15) is 5.10 Å². The quantitative estimate of drug-likeness (QED) is 0.836. The molecule has 0 bridgehead atoms. The van der Waals surface area contributed by atoms with Gasteiger partial charge in [0.15, 0.2) is 0 Å². The second kappa shape index (κ2) is 4.69. The molecule has 1 aromatic rings. The molecule has 1 N–H and O–H groups in total. The molecule has 16 heavy (non-hydrogen) atoms. The zero-order valence-electron chi connectivity index (χ0n) is 8.29. The molecule has 88 valence electrons. The Kier molecular flexibility index (Phi) is 3.47. The first kappa shape index (κ1) is 11.8. The van der Waals surface area contributed by atoms with Crippen molar-refractivity contribution in [1.82, 2.24) is 15.1 Å². The molecule has 0 unspecified atom stereocenters. The molecule has 0 radical (unpaired) electrons. The number of rotatable bonds is 1. The van der Waals surface area contributed by atoms with Crippen LogP contribution in [-0.2, 0) is 0 Å². The Hall–Kier alpha value is -0.650. The van der Waals surface area contributed by atoms with Gasteiger partial charge < -0.3 is 5.32 Å². The lowest BCUT2D eigenvalue weighted by Crippen LogP contribution is -2.43. The lowest BCUT2D eigenvalue weighted by molar-refractivity contribution is 0.168. The van der Waals surface area contributed by atoms with Crippen molar-refractivity contribution in [2.75, 3.05) is 13.1 Å². The lowest BCUT2D eigenvalue weighted by atomic mass is 10.1. The summed E-state index contributed by atoms with van der Waals surface area (Å²) in [5.74, 6) is 0. The van der Waals surface area contributed by atoms with Gasteiger partial charge in [-0.1, -0.05) is 23.2 Å². The average Bonchev–Trinajstić information content (AvgIpc) is 2.28. The van der Waals surface area contributed by atoms with Crippen molar-refractivity contribution in [3.05, 3.63) is 26.6 Å². The molecule has 0 aliphatic carbocycles. The number of aromatic nitrogens is 2. The molecule has 1 aliphatic heterocycles. The zero-order chi connectivity index (χ0) is 11.7. The maximum atomic E-state index is 13.6. The van der Waals surface area contributed by atoms with Gasteiger partial charge in [0.25, 0.3) is 5.56 Å². The number of nitrogens with one attached hydrogen (secondary N) is 1. The Morgan fingerprint density at radius 2 is 2.31 bits per heavy atom. The molecule has 2 atom stereocenters. The predicted octanol–water partition coefficient (Wildman–Crippen LogP) is 1.42. The molecule has 2 heterocycles. The van der Waals surface area contributed by atoms with Crippen molar-refractivity contribution in [2.45, 2.75) is 18.6 Å². The average molecular weight is 266 g/mol. The monoisotopic (exact) mass is 265 g/mol. The largest absolute Gasteiger partial charge is 0.314 e. The summed E-state index contributed by atoms with van der Waals surface area (Å²) in [6.45, 7) is 0.873. The van der Waals surface area contributed by atoms with Crippen molar-refractivity contribution < 1.29 is 4.39 Å². The third-order valence-corrected chi connectivity index (χ3v) is 3.34. The van der Waals surface area contributed by atoms with Crippen LogP contribution in [0.1, 0.15) is 12.5 Å². The van der Waals surface area contributed by atoms with Crippen LogP contribution in [0.5, 0.6) is 0 Å². The van der Waals surface area contributed by atoms with Crippen LogP contribution in [0.25, 0.3) is 0 Å². The van der Waals surface area contributed by atoms with Gasteiger partial charge in [-0.25, -0.2) is 9.07 Å². The highest BCUT2D eigenvalue weighted by Gasteiger charge is 2.28. The van der Waals surface area contributed by atoms with E-state index in [1.165, 1.54) is 6.20 Å². The minimum absolute atomic E-state index is 0.0901. The van der Waals surface area contributed by atoms with Crippen LogP contribution in [0.4, 0.5) is 4.39 Å². The van der Waals surface area contributed by atoms with Crippen molar-refractivity contribution >= 4 is 23.2 Å². The van der Waals surface area contributed by atoms with Crippen LogP contribution in [0.3, 0.4) is 0 Å². The van der Waals surface area contributed by atoms with Crippen molar-refractivity contribution in [2.24, 2.45) is 0 Å². The summed E-state index contributed by atoms with van der Waals surface area (Å²) in [4.78, 5) is 11.7. The lowest BCUT2D eigenvalue weighted by Gasteiger charge is -2.27. The maximum Gasteiger partial charge on any atom is 0.287 e. The molecule has 0 amide bonds. The smallest absolute Gasteiger partial charge is 0.287 e. The first-order valence-electron chi connectivity index (χ1n) is 4.89. The maximum absolute atomic E-state index is 13.6. The Labute approximate surface area is 101 Å². The second-order valence-electron chi connectivity index (χ2n) is 3.63. The Morgan fingerprint density at radius 3 is 3.00 bits per heavy atom. The van der Waals surface area contributed by atoms with Crippen molar-refractivity contribution in [3.8, 4) is 0 Å². The van der Waals surface area contributed by atoms with Crippen molar-refractivity contribution in [1.29, 1.82) is 0 Å². The summed E-state index contributed by atoms with van der Waals surface area (Å²) in [6.07, 6.45) is 0.628. The number of piperidine rings is 1. The highest BCUT2D eigenvalue weighted by atomic mass is 35.5. The van der Waals surface area contributed by atoms with Crippen LogP contribution in [0.2, 0.25) is 10.0 Å². The zero-order valence-corrected chi connectivity index (χ0v) is 9.80. The van der Waals surface area contributed by atoms with Gasteiger partial charge in [0.05, 0.1) is 17.3 Å². The van der Waals surface area contributed by atoms with Gasteiger partial charge in [0, 0.05) is 6.54 Å². The van der Waals surface area contributed by atoms with E-state index in [9.17, 15) is 9.18 Å². The molecule has 0 saturated carbocycles. The highest BCUT2D eigenvalue weighted by molar-refractivity contribution is 6.41. The summed E-state index contributed by atoms with van der Waals surface area (Å²) in [5, 5.41) is 6.72. The van der Waals surface area contributed by atoms with Crippen LogP contribution >= 0.6 is 23.2 Å². The number of halogens is 3. The first-order chi connectivity index (χ1) is 7.61. The van der Waals surface area contributed by atoms with E-state index < -0.39 is 17.8 Å². The van der Waals surface area contributed by atoms with Gasteiger partial charge >= 0.3 is 0 Å². The fraction of sp³-hybridized carbons (Fsp3) is 0.556. The molecule has 1 fully saturated rings. The summed E-state index contributed by atoms with van der Waals surface area (Å²) >= 11 is 11.4. The van der Waals surface area contributed by atoms with Crippen LogP contribution in [0.15, 0.2) is 11.0 Å². The third-order valence-electron chi connectivity index (χ3n) is 2.59. The molecular formula is C9H10Cl2FN3O. The van der Waals surface area contributed by atoms with Crippen LogP contribution < -0.4 is 10.9 Å². The van der Waals surface area contributed by atoms with Gasteiger partial charge in [-0.3, -0.25) is 4.79 Å². The normalized spacial score (nSPS) is 25.7. The number of hydrogen-bond acceptors (Lipinski definition) is 3. The van der Waals surface area contributed by atoms with E-state index >= 15 is 0 Å². The highest BCUT2D eigenvalue weighted by Crippen LogP contribution is 2.21. The fourth-order valence-electron chi connectivity index (χ4n) is 1.74. The van der Waals surface area contributed by atoms with Gasteiger partial charge in [-0.05, 0) is 13.0 Å². The minimum atomic E-state index is -1.14. The second-order valence-corrected chi connectivity index (χ2v) is 4.42. The van der Waals surface area contributed by atoms with E-state index in [1.54, 1.807) is 0 Å². The number of alkyl halides is 1. The number of hydrogen-bond donors (Lipinski definition) is 1. The van der Waals surface area contributed by atoms with E-state index in [-0.39, 0.29) is 16.6 Å². The molecule has 0 aromatic carbocycles. The molecule has 4 nitrogen and oxygen atoms in total. The summed E-state index contributed by atoms with van der Waals surface area (Å²) in [7, 11) is 0. The standard InChI is InChI=1S/C9H10Cl2FN3O/c10-5-3-14-15(9(16)8(5)11)7-1-2-13-4-6(7)12/h3,6-7,13H,1-2,4H2/t6-,7+/m0/s1. The first-order valence-corrected chi connectivity index (χ1v) is 5.64. The molecule has 0 spiro atoms. The minimum Gasteiger partial charge on any atom is -0.314 e. The molecule has 2 rings (SSSR count). The Morgan fingerprint density at radius 1 is 1.56 bits per heavy atom. The molecule has 1 saturated heterocycles. The van der Waals surface area contributed by atoms with Crippen LogP contribution in [-0.4, -0.2) is 29.0 Å². The molecular weight excluding hydrogens is 256 g/mol. The summed E-state index contributed by atoms with van der Waals surface area (Å²) in [6, 6.07) is -0.566. The fourth-order valence-corrected chi connectivity index (χ4v) is 2.00. The summed E-state index contributed by atoms with van der Waals surface area (Å²) in [5.41, 5.74) is -0.538. The Bertz CT molecular complexity index is 451. The Balaban J connectivity index is 2.40. The van der Waals surface area contributed by atoms with E-state index in [2.05, 4.69) is 10.4 Å². The third kappa shape index (κ3) is 2.07. The van der Waals surface area contributed by atoms with E-state index in [1.807, 2.05) is 0 Å². The molecule has 1 aromatic heterocycles. The molecule has 7 heteroatoms. The SMILES string of the molecule is O=c1c(Cl)c(Cl)cnn1[C@@H]1CCNC[C@@H]1F. The van der Waals surface area contributed by atoms with E-state index in [0.29, 0.717) is 13.0 Å². The predicted molar refractivity (Wildman–Crippen MR) is 59.9 cm³/mol. The topological polar surface area (TPSA) is 46.9 Å². The summed E-state index contributed by atoms with van der Waals surface area (Å²) < 4.78 is 14.7. The van der Waals surface area contributed by atoms with Gasteiger partial charge in [0.2, 0.25) is 0 Å². The molecule has 1 aliphatic rings. The van der Waals surface area contributed by atoms with E-state index in [0.717, 1.165) is 4.68 Å². The van der Waals surface area contributed by atoms with Gasteiger partial charge in [0.1, 0.15) is 11.2 Å². The van der Waals surface area contributed by atoms with E-state index in [4.69, 9.17) is 23.2 Å². The van der Waals surface area contributed by atoms with Crippen LogP contribution in [0, 0.1) is 0 Å². The van der Waals surface area contributed by atoms with Gasteiger partial charge in [-0.15, -0.1) is 0 Å².